The molecule has 0 amide bonds. The van der Waals surface area contributed by atoms with Crippen molar-refractivity contribution in [2.45, 2.75) is 65.3 Å². The molecule has 13 heavy (non-hydrogen) atoms. The van der Waals surface area contributed by atoms with Crippen LogP contribution in [0.5, 0.6) is 0 Å². The molecule has 0 radical (unpaired) electrons. The highest BCUT2D eigenvalue weighted by Gasteiger charge is 2.34. The van der Waals surface area contributed by atoms with Gasteiger partial charge in [0.2, 0.25) is 0 Å². The lowest BCUT2D eigenvalue weighted by Crippen LogP contribution is -2.38. The first-order chi connectivity index (χ1) is 6.06. The highest BCUT2D eigenvalue weighted by atomic mass is 14.6. The Labute approximate surface area is 83.1 Å². The molecule has 0 bridgehead atoms. The lowest BCUT2D eigenvalue weighted by Gasteiger charge is -2.41. The molecule has 78 valence electrons. The van der Waals surface area contributed by atoms with Gasteiger partial charge in [0, 0.05) is 6.04 Å². The van der Waals surface area contributed by atoms with Crippen molar-refractivity contribution in [3.8, 4) is 0 Å². The summed E-state index contributed by atoms with van der Waals surface area (Å²) < 4.78 is 0. The minimum absolute atomic E-state index is 0.481. The number of hydrogen-bond donors (Lipinski definition) is 1. The molecule has 2 unspecified atom stereocenters. The summed E-state index contributed by atoms with van der Waals surface area (Å²) >= 11 is 0. The van der Waals surface area contributed by atoms with E-state index in [1.165, 1.54) is 38.5 Å². The first kappa shape index (κ1) is 11.0. The molecular formula is C12H25N. The fourth-order valence-electron chi connectivity index (χ4n) is 2.52. The van der Waals surface area contributed by atoms with Gasteiger partial charge in [-0.1, -0.05) is 33.6 Å². The molecule has 1 aliphatic carbocycles. The van der Waals surface area contributed by atoms with Gasteiger partial charge in [-0.15, -0.1) is 0 Å². The second kappa shape index (κ2) is 4.45. The van der Waals surface area contributed by atoms with Crippen LogP contribution in [0.3, 0.4) is 0 Å². The minimum Gasteiger partial charge on any atom is -0.328 e. The molecule has 0 aliphatic heterocycles. The van der Waals surface area contributed by atoms with Crippen LogP contribution in [0.4, 0.5) is 0 Å². The predicted molar refractivity (Wildman–Crippen MR) is 58.6 cm³/mol. The topological polar surface area (TPSA) is 26.0 Å². The minimum atomic E-state index is 0.481. The third-order valence-corrected chi connectivity index (χ3v) is 3.76. The fraction of sp³-hybridized carbons (Fsp3) is 1.00. The van der Waals surface area contributed by atoms with Crippen LogP contribution in [0.2, 0.25) is 0 Å². The summed E-state index contributed by atoms with van der Waals surface area (Å²) in [6, 6.07) is 0.481. The molecule has 0 spiro atoms. The van der Waals surface area contributed by atoms with Crippen LogP contribution >= 0.6 is 0 Å². The maximum atomic E-state index is 6.02. The van der Waals surface area contributed by atoms with E-state index in [-0.39, 0.29) is 0 Å². The van der Waals surface area contributed by atoms with Gasteiger partial charge in [-0.05, 0) is 37.0 Å². The summed E-state index contributed by atoms with van der Waals surface area (Å²) in [4.78, 5) is 0. The van der Waals surface area contributed by atoms with E-state index in [1.807, 2.05) is 0 Å². The van der Waals surface area contributed by atoms with Crippen molar-refractivity contribution in [2.75, 3.05) is 0 Å². The molecule has 1 aliphatic rings. The van der Waals surface area contributed by atoms with Gasteiger partial charge in [-0.3, -0.25) is 0 Å². The first-order valence-corrected chi connectivity index (χ1v) is 5.82. The quantitative estimate of drug-likeness (QED) is 0.713. The molecule has 1 saturated carbocycles. The number of unbranched alkanes of at least 4 members (excludes halogenated alkanes) is 1. The van der Waals surface area contributed by atoms with Gasteiger partial charge in [0.25, 0.3) is 0 Å². The smallest absolute Gasteiger partial charge is 0.00418 e. The zero-order valence-corrected chi connectivity index (χ0v) is 9.47. The Balaban J connectivity index is 2.46. The van der Waals surface area contributed by atoms with E-state index in [2.05, 4.69) is 20.8 Å². The van der Waals surface area contributed by atoms with Crippen molar-refractivity contribution in [2.24, 2.45) is 17.1 Å². The zero-order valence-electron chi connectivity index (χ0n) is 9.47. The molecule has 0 heterocycles. The SMILES string of the molecule is CCCCC1CC(N)CCC1(C)C. The molecule has 2 atom stereocenters. The van der Waals surface area contributed by atoms with Gasteiger partial charge in [0.05, 0.1) is 0 Å². The third kappa shape index (κ3) is 2.98. The van der Waals surface area contributed by atoms with Crippen molar-refractivity contribution in [3.05, 3.63) is 0 Å². The normalized spacial score (nSPS) is 33.2. The van der Waals surface area contributed by atoms with Crippen molar-refractivity contribution in [1.29, 1.82) is 0 Å². The van der Waals surface area contributed by atoms with E-state index in [9.17, 15) is 0 Å². The summed E-state index contributed by atoms with van der Waals surface area (Å²) in [6.07, 6.45) is 7.89. The molecule has 1 rings (SSSR count). The summed E-state index contributed by atoms with van der Waals surface area (Å²) in [7, 11) is 0. The second-order valence-corrected chi connectivity index (χ2v) is 5.36. The van der Waals surface area contributed by atoms with Crippen LogP contribution in [0, 0.1) is 11.3 Å². The van der Waals surface area contributed by atoms with Gasteiger partial charge in [-0.25, -0.2) is 0 Å². The van der Waals surface area contributed by atoms with Crippen LogP contribution in [0.1, 0.15) is 59.3 Å². The summed E-state index contributed by atoms with van der Waals surface area (Å²) in [5.41, 5.74) is 6.56. The lowest BCUT2D eigenvalue weighted by atomic mass is 9.66. The van der Waals surface area contributed by atoms with E-state index in [1.54, 1.807) is 0 Å². The fourth-order valence-corrected chi connectivity index (χ4v) is 2.52. The monoisotopic (exact) mass is 183 g/mol. The average Bonchev–Trinajstić information content (AvgIpc) is 2.07. The van der Waals surface area contributed by atoms with E-state index in [0.717, 1.165) is 5.92 Å². The molecule has 0 saturated heterocycles. The van der Waals surface area contributed by atoms with Crippen LogP contribution < -0.4 is 5.73 Å². The number of nitrogens with two attached hydrogens (primary N) is 1. The van der Waals surface area contributed by atoms with Crippen LogP contribution in [0.25, 0.3) is 0 Å². The van der Waals surface area contributed by atoms with Gasteiger partial charge < -0.3 is 5.73 Å². The van der Waals surface area contributed by atoms with Gasteiger partial charge in [-0.2, -0.15) is 0 Å². The van der Waals surface area contributed by atoms with Crippen LogP contribution in [0.15, 0.2) is 0 Å². The van der Waals surface area contributed by atoms with E-state index < -0.39 is 0 Å². The second-order valence-electron chi connectivity index (χ2n) is 5.36. The Morgan fingerprint density at radius 2 is 2.08 bits per heavy atom. The molecular weight excluding hydrogens is 158 g/mol. The molecule has 1 nitrogen and oxygen atoms in total. The van der Waals surface area contributed by atoms with Crippen LogP contribution in [-0.4, -0.2) is 6.04 Å². The molecule has 0 aromatic carbocycles. The Hall–Kier alpha value is -0.0400. The maximum absolute atomic E-state index is 6.02. The Morgan fingerprint density at radius 3 is 2.69 bits per heavy atom. The van der Waals surface area contributed by atoms with Crippen molar-refractivity contribution < 1.29 is 0 Å². The zero-order chi connectivity index (χ0) is 9.90. The van der Waals surface area contributed by atoms with Gasteiger partial charge in [0.1, 0.15) is 0 Å². The highest BCUT2D eigenvalue weighted by molar-refractivity contribution is 4.87. The van der Waals surface area contributed by atoms with Gasteiger partial charge >= 0.3 is 0 Å². The van der Waals surface area contributed by atoms with E-state index in [0.29, 0.717) is 11.5 Å². The predicted octanol–water partition coefficient (Wildman–Crippen LogP) is 3.33. The Kier molecular flexibility index (Phi) is 3.78. The number of rotatable bonds is 3. The molecule has 0 aromatic heterocycles. The van der Waals surface area contributed by atoms with E-state index in [4.69, 9.17) is 5.73 Å². The Morgan fingerprint density at radius 1 is 1.38 bits per heavy atom. The third-order valence-electron chi connectivity index (χ3n) is 3.76. The van der Waals surface area contributed by atoms with Crippen LogP contribution in [-0.2, 0) is 0 Å². The van der Waals surface area contributed by atoms with Crippen molar-refractivity contribution in [3.63, 3.8) is 0 Å². The average molecular weight is 183 g/mol. The van der Waals surface area contributed by atoms with E-state index >= 15 is 0 Å². The largest absolute Gasteiger partial charge is 0.328 e. The summed E-state index contributed by atoms with van der Waals surface area (Å²) in [6.45, 7) is 7.11. The standard InChI is InChI=1S/C12H25N/c1-4-5-6-10-9-11(13)7-8-12(10,2)3/h10-11H,4-9,13H2,1-3H3. The summed E-state index contributed by atoms with van der Waals surface area (Å²) in [5.74, 6) is 0.871. The molecule has 2 N–H and O–H groups in total. The Bertz CT molecular complexity index is 151. The number of hydrogen-bond acceptors (Lipinski definition) is 1. The highest BCUT2D eigenvalue weighted by Crippen LogP contribution is 2.42. The molecule has 1 heteroatoms. The lowest BCUT2D eigenvalue weighted by molar-refractivity contribution is 0.114. The van der Waals surface area contributed by atoms with Crippen molar-refractivity contribution >= 4 is 0 Å². The maximum Gasteiger partial charge on any atom is 0.00418 e. The van der Waals surface area contributed by atoms with Crippen molar-refractivity contribution in [1.82, 2.24) is 0 Å². The summed E-state index contributed by atoms with van der Waals surface area (Å²) in [5, 5.41) is 0. The molecule has 0 aromatic rings. The molecule has 1 fully saturated rings. The van der Waals surface area contributed by atoms with Gasteiger partial charge in [0.15, 0.2) is 0 Å². The first-order valence-electron chi connectivity index (χ1n) is 5.82.